The number of carbonyl (C=O) groups is 1. The molecule has 1 aliphatic rings. The Balaban J connectivity index is 0.00000161. The highest BCUT2D eigenvalue weighted by Gasteiger charge is 2.27. The molecule has 1 amide bonds. The molecule has 3 rings (SSSR count). The highest BCUT2D eigenvalue weighted by molar-refractivity contribution is 8.93. The third-order valence-corrected chi connectivity index (χ3v) is 3.92. The Morgan fingerprint density at radius 1 is 1.14 bits per heavy atom. The maximum absolute atomic E-state index is 12.7. The number of hydrogen-bond donors (Lipinski definition) is 1. The van der Waals surface area contributed by atoms with Crippen LogP contribution in [0.25, 0.3) is 0 Å². The molecule has 0 spiro atoms. The minimum atomic E-state index is -0.137. The number of rotatable bonds is 1. The van der Waals surface area contributed by atoms with E-state index in [1.54, 1.807) is 29.2 Å². The summed E-state index contributed by atoms with van der Waals surface area (Å²) in [5.41, 5.74) is 2.51. The van der Waals surface area contributed by atoms with Gasteiger partial charge in [0.25, 0.3) is 5.91 Å². The number of fused-ring (bicyclic) bond motifs is 1. The van der Waals surface area contributed by atoms with Crippen LogP contribution in [0.5, 0.6) is 5.75 Å². The van der Waals surface area contributed by atoms with E-state index in [9.17, 15) is 9.90 Å². The Hall–Kier alpha value is -1.81. The summed E-state index contributed by atoms with van der Waals surface area (Å²) in [5.74, 6) is 0.357. The van der Waals surface area contributed by atoms with E-state index in [0.29, 0.717) is 18.0 Å². The first-order chi connectivity index (χ1) is 9.68. The third-order valence-electron chi connectivity index (χ3n) is 3.92. The molecule has 110 valence electrons. The second kappa shape index (κ2) is 6.31. The molecule has 1 atom stereocenters. The first-order valence-corrected chi connectivity index (χ1v) is 6.87. The number of halogens is 1. The van der Waals surface area contributed by atoms with E-state index in [1.165, 1.54) is 5.56 Å². The summed E-state index contributed by atoms with van der Waals surface area (Å²) >= 11 is 0. The number of anilines is 1. The summed E-state index contributed by atoms with van der Waals surface area (Å²) in [7, 11) is 0. The fourth-order valence-corrected chi connectivity index (χ4v) is 2.76. The quantitative estimate of drug-likeness (QED) is 0.842. The van der Waals surface area contributed by atoms with E-state index in [0.717, 1.165) is 12.1 Å². The van der Waals surface area contributed by atoms with E-state index < -0.39 is 0 Å². The summed E-state index contributed by atoms with van der Waals surface area (Å²) in [6.45, 7) is 2.87. The van der Waals surface area contributed by atoms with Gasteiger partial charge in [-0.2, -0.15) is 0 Å². The summed E-state index contributed by atoms with van der Waals surface area (Å²) < 4.78 is 0. The summed E-state index contributed by atoms with van der Waals surface area (Å²) in [4.78, 5) is 14.4. The van der Waals surface area contributed by atoms with Gasteiger partial charge in [0.2, 0.25) is 0 Å². The highest BCUT2D eigenvalue weighted by Crippen LogP contribution is 2.36. The first kappa shape index (κ1) is 15.6. The van der Waals surface area contributed by atoms with Gasteiger partial charge in [0.05, 0.1) is 5.56 Å². The van der Waals surface area contributed by atoms with E-state index >= 15 is 0 Å². The molecule has 4 heteroatoms. The Kier molecular flexibility index (Phi) is 4.68. The van der Waals surface area contributed by atoms with Gasteiger partial charge in [-0.3, -0.25) is 4.79 Å². The molecule has 1 heterocycles. The average Bonchev–Trinajstić information content (AvgIpc) is 2.48. The van der Waals surface area contributed by atoms with E-state index in [1.807, 2.05) is 18.2 Å². The summed E-state index contributed by atoms with van der Waals surface area (Å²) in [6, 6.07) is 14.7. The molecule has 2 aromatic carbocycles. The van der Waals surface area contributed by atoms with Gasteiger partial charge in [-0.15, -0.1) is 17.0 Å². The molecule has 21 heavy (non-hydrogen) atoms. The zero-order valence-corrected chi connectivity index (χ0v) is 13.5. The van der Waals surface area contributed by atoms with E-state index in [-0.39, 0.29) is 28.6 Å². The average molecular weight is 348 g/mol. The second-order valence-corrected chi connectivity index (χ2v) is 5.22. The van der Waals surface area contributed by atoms with Crippen LogP contribution in [-0.2, 0) is 0 Å². The first-order valence-electron chi connectivity index (χ1n) is 6.87. The maximum Gasteiger partial charge on any atom is 0.262 e. The lowest BCUT2D eigenvalue weighted by atomic mass is 9.91. The molecule has 0 radical (unpaired) electrons. The van der Waals surface area contributed by atoms with Gasteiger partial charge in [0, 0.05) is 12.2 Å². The van der Waals surface area contributed by atoms with Crippen molar-refractivity contribution in [2.75, 3.05) is 11.4 Å². The summed E-state index contributed by atoms with van der Waals surface area (Å²) in [5, 5.41) is 9.86. The zero-order valence-electron chi connectivity index (χ0n) is 11.8. The molecule has 1 aliphatic heterocycles. The fourth-order valence-electron chi connectivity index (χ4n) is 2.76. The molecule has 0 aromatic heterocycles. The molecule has 2 aromatic rings. The van der Waals surface area contributed by atoms with Crippen LogP contribution in [-0.4, -0.2) is 17.6 Å². The van der Waals surface area contributed by atoms with Crippen molar-refractivity contribution in [1.29, 1.82) is 0 Å². The number of carbonyl (C=O) groups excluding carboxylic acids is 1. The van der Waals surface area contributed by atoms with Crippen LogP contribution in [0.2, 0.25) is 0 Å². The van der Waals surface area contributed by atoms with Gasteiger partial charge in [0.15, 0.2) is 0 Å². The Labute approximate surface area is 135 Å². The fraction of sp³-hybridized carbons (Fsp3) is 0.235. The van der Waals surface area contributed by atoms with Gasteiger partial charge in [0.1, 0.15) is 5.75 Å². The van der Waals surface area contributed by atoms with Gasteiger partial charge < -0.3 is 10.0 Å². The van der Waals surface area contributed by atoms with Crippen LogP contribution in [0.15, 0.2) is 48.5 Å². The van der Waals surface area contributed by atoms with Crippen molar-refractivity contribution in [2.24, 2.45) is 0 Å². The number of phenols is 1. The molecule has 0 aliphatic carbocycles. The van der Waals surface area contributed by atoms with Crippen molar-refractivity contribution in [3.8, 4) is 5.75 Å². The van der Waals surface area contributed by atoms with Crippen molar-refractivity contribution in [3.05, 3.63) is 59.7 Å². The molecule has 0 saturated carbocycles. The molecule has 0 fully saturated rings. The molecular formula is C17H18BrNO2. The van der Waals surface area contributed by atoms with Gasteiger partial charge >= 0.3 is 0 Å². The van der Waals surface area contributed by atoms with Crippen LogP contribution < -0.4 is 4.90 Å². The molecule has 1 N–H and O–H groups in total. The monoisotopic (exact) mass is 347 g/mol. The van der Waals surface area contributed by atoms with Crippen LogP contribution in [0.3, 0.4) is 0 Å². The van der Waals surface area contributed by atoms with Gasteiger partial charge in [-0.25, -0.2) is 0 Å². The summed E-state index contributed by atoms with van der Waals surface area (Å²) in [6.07, 6.45) is 0.941. The lowest BCUT2D eigenvalue weighted by molar-refractivity contribution is 0.0982. The highest BCUT2D eigenvalue weighted by atomic mass is 79.9. The van der Waals surface area contributed by atoms with Crippen molar-refractivity contribution in [1.82, 2.24) is 0 Å². The molecule has 3 nitrogen and oxygen atoms in total. The lowest BCUT2D eigenvalue weighted by Crippen LogP contribution is -2.36. The Morgan fingerprint density at radius 2 is 1.81 bits per heavy atom. The zero-order chi connectivity index (χ0) is 14.1. The van der Waals surface area contributed by atoms with Crippen molar-refractivity contribution >= 4 is 28.6 Å². The molecule has 0 saturated heterocycles. The topological polar surface area (TPSA) is 40.5 Å². The van der Waals surface area contributed by atoms with Crippen LogP contribution >= 0.6 is 17.0 Å². The van der Waals surface area contributed by atoms with Crippen molar-refractivity contribution in [3.63, 3.8) is 0 Å². The number of hydrogen-bond acceptors (Lipinski definition) is 2. The molecule has 1 unspecified atom stereocenters. The Bertz CT molecular complexity index is 657. The van der Waals surface area contributed by atoms with Crippen molar-refractivity contribution < 1.29 is 9.90 Å². The van der Waals surface area contributed by atoms with E-state index in [4.69, 9.17) is 0 Å². The Morgan fingerprint density at radius 3 is 2.57 bits per heavy atom. The lowest BCUT2D eigenvalue weighted by Gasteiger charge is -2.33. The van der Waals surface area contributed by atoms with Crippen molar-refractivity contribution in [2.45, 2.75) is 19.3 Å². The molecule has 0 bridgehead atoms. The number of amides is 1. The molecular weight excluding hydrogens is 330 g/mol. The van der Waals surface area contributed by atoms with Gasteiger partial charge in [-0.05, 0) is 36.1 Å². The largest absolute Gasteiger partial charge is 0.507 e. The third kappa shape index (κ3) is 2.81. The smallest absolute Gasteiger partial charge is 0.262 e. The number of para-hydroxylation sites is 2. The normalized spacial score (nSPS) is 16.8. The maximum atomic E-state index is 12.7. The standard InChI is InChI=1S/C17H17NO2.BrH/c1-12-10-11-18(15-8-4-2-6-13(12)15)17(20)14-7-3-5-9-16(14)19;/h2-9,12,19H,10-11H2,1H3;1H. The number of aromatic hydroxyl groups is 1. The van der Waals surface area contributed by atoms with Crippen LogP contribution in [0.4, 0.5) is 5.69 Å². The predicted octanol–water partition coefficient (Wildman–Crippen LogP) is 4.12. The minimum Gasteiger partial charge on any atom is -0.507 e. The second-order valence-electron chi connectivity index (χ2n) is 5.22. The van der Waals surface area contributed by atoms with Crippen LogP contribution in [0.1, 0.15) is 35.2 Å². The van der Waals surface area contributed by atoms with E-state index in [2.05, 4.69) is 13.0 Å². The minimum absolute atomic E-state index is 0. The number of phenolic OH excluding ortho intramolecular Hbond substituents is 1. The number of nitrogens with zero attached hydrogens (tertiary/aromatic N) is 1. The van der Waals surface area contributed by atoms with Crippen LogP contribution in [0, 0.1) is 0 Å². The number of benzene rings is 2. The van der Waals surface area contributed by atoms with Gasteiger partial charge in [-0.1, -0.05) is 37.3 Å². The SMILES string of the molecule is Br.CC1CCN(C(=O)c2ccccc2O)c2ccccc21. The predicted molar refractivity (Wildman–Crippen MR) is 89.6 cm³/mol.